The van der Waals surface area contributed by atoms with Crippen LogP contribution in [0.5, 0.6) is 0 Å². The van der Waals surface area contributed by atoms with Crippen LogP contribution in [0.3, 0.4) is 0 Å². The third kappa shape index (κ3) is 3.96. The van der Waals surface area contributed by atoms with Crippen molar-refractivity contribution in [3.05, 3.63) is 65.6 Å². The van der Waals surface area contributed by atoms with E-state index in [-0.39, 0.29) is 0 Å². The molecule has 3 heterocycles. The number of hydrogen-bond acceptors (Lipinski definition) is 4. The molecule has 3 aromatic rings. The number of anilines is 1. The summed E-state index contributed by atoms with van der Waals surface area (Å²) in [5.74, 6) is 0. The van der Waals surface area contributed by atoms with E-state index in [9.17, 15) is 0 Å². The first-order valence-corrected chi connectivity index (χ1v) is 14.2. The summed E-state index contributed by atoms with van der Waals surface area (Å²) in [6, 6.07) is 15.7. The topological polar surface area (TPSA) is 46.0 Å². The zero-order valence-electron chi connectivity index (χ0n) is 21.7. The maximum Gasteiger partial charge on any atom is 0.0722 e. The minimum absolute atomic E-state index is 0.454. The van der Waals surface area contributed by atoms with E-state index in [0.29, 0.717) is 11.0 Å². The summed E-state index contributed by atoms with van der Waals surface area (Å²) in [7, 11) is 0. The van der Waals surface area contributed by atoms with Crippen molar-refractivity contribution in [3.8, 4) is 11.3 Å². The highest BCUT2D eigenvalue weighted by molar-refractivity contribution is 5.64. The lowest BCUT2D eigenvalue weighted by molar-refractivity contribution is -0.00329. The molecule has 4 saturated carbocycles. The molecule has 0 radical (unpaired) electrons. The van der Waals surface area contributed by atoms with Crippen molar-refractivity contribution in [2.45, 2.75) is 95.8 Å². The predicted octanol–water partition coefficient (Wildman–Crippen LogP) is 6.05. The van der Waals surface area contributed by atoms with Crippen LogP contribution in [0.25, 0.3) is 11.3 Å². The molecule has 0 unspecified atom stereocenters. The van der Waals surface area contributed by atoms with Gasteiger partial charge in [-0.1, -0.05) is 36.8 Å². The van der Waals surface area contributed by atoms with Gasteiger partial charge in [-0.05, 0) is 75.8 Å². The largest absolute Gasteiger partial charge is 0.367 e. The average molecular weight is 482 g/mol. The van der Waals surface area contributed by atoms with Crippen LogP contribution in [0.2, 0.25) is 0 Å². The van der Waals surface area contributed by atoms with Crippen LogP contribution in [-0.4, -0.2) is 32.9 Å². The molecule has 36 heavy (non-hydrogen) atoms. The van der Waals surface area contributed by atoms with Crippen LogP contribution in [0, 0.1) is 12.3 Å². The Balaban J connectivity index is 1.07. The molecule has 1 N–H and O–H groups in total. The molecule has 4 fully saturated rings. The van der Waals surface area contributed by atoms with E-state index in [0.717, 1.165) is 37.8 Å². The Morgan fingerprint density at radius 2 is 1.78 bits per heavy atom. The first-order chi connectivity index (χ1) is 17.6. The first kappa shape index (κ1) is 22.5. The van der Waals surface area contributed by atoms with Crippen molar-refractivity contribution in [2.75, 3.05) is 11.4 Å². The first-order valence-electron chi connectivity index (χ1n) is 14.2. The van der Waals surface area contributed by atoms with Crippen LogP contribution in [0.1, 0.15) is 74.7 Å². The van der Waals surface area contributed by atoms with Gasteiger partial charge in [0.1, 0.15) is 0 Å². The highest BCUT2D eigenvalue weighted by Crippen LogP contribution is 2.54. The maximum atomic E-state index is 5.14. The summed E-state index contributed by atoms with van der Waals surface area (Å²) in [6.45, 7) is 5.32. The van der Waals surface area contributed by atoms with E-state index in [1.807, 2.05) is 6.20 Å². The molecular weight excluding hydrogens is 442 g/mol. The molecule has 4 aliphatic carbocycles. The second-order valence-corrected chi connectivity index (χ2v) is 12.2. The number of aryl methyl sites for hydroxylation is 1. The quantitative estimate of drug-likeness (QED) is 0.465. The molecule has 2 bridgehead atoms. The zero-order valence-corrected chi connectivity index (χ0v) is 21.7. The second kappa shape index (κ2) is 8.72. The highest BCUT2D eigenvalue weighted by atomic mass is 15.3. The van der Waals surface area contributed by atoms with Gasteiger partial charge in [0.25, 0.3) is 0 Å². The molecule has 1 aliphatic heterocycles. The van der Waals surface area contributed by atoms with Gasteiger partial charge in [-0.15, -0.1) is 0 Å². The van der Waals surface area contributed by atoms with Crippen LogP contribution in [0.4, 0.5) is 5.69 Å². The van der Waals surface area contributed by atoms with Crippen molar-refractivity contribution in [1.29, 1.82) is 0 Å². The van der Waals surface area contributed by atoms with E-state index >= 15 is 0 Å². The Labute approximate surface area is 215 Å². The van der Waals surface area contributed by atoms with E-state index < -0.39 is 0 Å². The number of aromatic nitrogens is 3. The number of fused-ring (bicyclic) bond motifs is 4. The standard InChI is InChI=1S/C31H39N5/c1-23-27-21-35(26-10-18-32-28(20-26)24-6-3-2-4-7-24)19-11-29(27)36(34-23)22-30-12-15-31(16-13-30,17-14-30)33-25-8-5-9-25/h2-4,6-7,10,18,20,25,33H,5,8-9,11-17,19,21-22H2,1H3. The van der Waals surface area contributed by atoms with Gasteiger partial charge < -0.3 is 10.2 Å². The lowest BCUT2D eigenvalue weighted by Crippen LogP contribution is -2.59. The molecule has 5 heteroatoms. The minimum atomic E-state index is 0.454. The number of nitrogens with one attached hydrogen (secondary N) is 1. The highest BCUT2D eigenvalue weighted by Gasteiger charge is 2.49. The Kier molecular flexibility index (Phi) is 5.46. The normalized spacial score (nSPS) is 27.6. The monoisotopic (exact) mass is 481 g/mol. The SMILES string of the molecule is Cc1nn(CC23CCC(NC4CCC4)(CC2)CC3)c2c1CN(c1ccnc(-c3ccccc3)c1)CC2. The molecule has 5 nitrogen and oxygen atoms in total. The lowest BCUT2D eigenvalue weighted by Gasteiger charge is -2.55. The Morgan fingerprint density at radius 3 is 2.50 bits per heavy atom. The van der Waals surface area contributed by atoms with E-state index in [2.05, 4.69) is 69.3 Å². The molecule has 188 valence electrons. The smallest absolute Gasteiger partial charge is 0.0722 e. The molecule has 0 saturated heterocycles. The minimum Gasteiger partial charge on any atom is -0.367 e. The fourth-order valence-corrected chi connectivity index (χ4v) is 7.42. The number of benzene rings is 1. The van der Waals surface area contributed by atoms with Gasteiger partial charge in [0.15, 0.2) is 0 Å². The van der Waals surface area contributed by atoms with Crippen LogP contribution < -0.4 is 10.2 Å². The van der Waals surface area contributed by atoms with Gasteiger partial charge in [0.2, 0.25) is 0 Å². The van der Waals surface area contributed by atoms with Gasteiger partial charge in [-0.3, -0.25) is 9.67 Å². The summed E-state index contributed by atoms with van der Waals surface area (Å²) in [4.78, 5) is 7.15. The summed E-state index contributed by atoms with van der Waals surface area (Å²) in [5, 5.41) is 9.23. The molecule has 0 atom stereocenters. The van der Waals surface area contributed by atoms with Gasteiger partial charge in [0, 0.05) is 66.3 Å². The summed E-state index contributed by atoms with van der Waals surface area (Å²) in [5.41, 5.74) is 8.55. The van der Waals surface area contributed by atoms with Crippen molar-refractivity contribution < 1.29 is 0 Å². The number of rotatable bonds is 6. The molecule has 5 aliphatic rings. The lowest BCUT2D eigenvalue weighted by atomic mass is 9.57. The number of nitrogens with zero attached hydrogens (tertiary/aromatic N) is 4. The van der Waals surface area contributed by atoms with E-state index in [4.69, 9.17) is 5.10 Å². The van der Waals surface area contributed by atoms with Crippen LogP contribution in [0.15, 0.2) is 48.7 Å². The average Bonchev–Trinajstić information content (AvgIpc) is 3.22. The number of hydrogen-bond donors (Lipinski definition) is 1. The Hall–Kier alpha value is -2.66. The van der Waals surface area contributed by atoms with E-state index in [1.165, 1.54) is 86.0 Å². The molecule has 2 aromatic heterocycles. The van der Waals surface area contributed by atoms with Gasteiger partial charge in [-0.2, -0.15) is 5.10 Å². The summed E-state index contributed by atoms with van der Waals surface area (Å²) >= 11 is 0. The third-order valence-corrected chi connectivity index (χ3v) is 10.0. The zero-order chi connectivity index (χ0) is 24.2. The Morgan fingerprint density at radius 1 is 1.00 bits per heavy atom. The maximum absolute atomic E-state index is 5.14. The van der Waals surface area contributed by atoms with Crippen molar-refractivity contribution in [1.82, 2.24) is 20.1 Å². The molecule has 0 amide bonds. The van der Waals surface area contributed by atoms with Crippen LogP contribution in [-0.2, 0) is 19.5 Å². The second-order valence-electron chi connectivity index (χ2n) is 12.2. The van der Waals surface area contributed by atoms with Gasteiger partial charge in [-0.25, -0.2) is 0 Å². The fraction of sp³-hybridized carbons (Fsp3) is 0.548. The predicted molar refractivity (Wildman–Crippen MR) is 145 cm³/mol. The molecule has 1 aromatic carbocycles. The van der Waals surface area contributed by atoms with Crippen molar-refractivity contribution in [2.24, 2.45) is 5.41 Å². The van der Waals surface area contributed by atoms with Crippen LogP contribution >= 0.6 is 0 Å². The molecule has 0 spiro atoms. The van der Waals surface area contributed by atoms with Crippen molar-refractivity contribution in [3.63, 3.8) is 0 Å². The summed E-state index contributed by atoms with van der Waals surface area (Å²) < 4.78 is 2.43. The molecular formula is C31H39N5. The Bertz CT molecular complexity index is 1220. The van der Waals surface area contributed by atoms with E-state index in [1.54, 1.807) is 0 Å². The number of pyridine rings is 1. The fourth-order valence-electron chi connectivity index (χ4n) is 7.42. The third-order valence-electron chi connectivity index (χ3n) is 10.0. The van der Waals surface area contributed by atoms with Crippen molar-refractivity contribution >= 4 is 5.69 Å². The van der Waals surface area contributed by atoms with Gasteiger partial charge >= 0.3 is 0 Å². The summed E-state index contributed by atoms with van der Waals surface area (Å²) in [6.07, 6.45) is 15.4. The van der Waals surface area contributed by atoms with Gasteiger partial charge in [0.05, 0.1) is 11.4 Å². The molecule has 8 rings (SSSR count).